The molecule has 0 fully saturated rings. The molecule has 0 radical (unpaired) electrons. The molecule has 5 nitrogen and oxygen atoms in total. The van der Waals surface area contributed by atoms with E-state index in [1.807, 2.05) is 13.0 Å². The van der Waals surface area contributed by atoms with Gasteiger partial charge in [0, 0.05) is 12.7 Å². The van der Waals surface area contributed by atoms with Gasteiger partial charge in [-0.25, -0.2) is 4.98 Å². The van der Waals surface area contributed by atoms with Gasteiger partial charge in [-0.1, -0.05) is 31.3 Å². The Hall–Kier alpha value is -2.21. The Balaban J connectivity index is 1.86. The van der Waals surface area contributed by atoms with Crippen LogP contribution in [0, 0.1) is 0 Å². The van der Waals surface area contributed by atoms with Crippen LogP contribution in [0.3, 0.4) is 0 Å². The van der Waals surface area contributed by atoms with Gasteiger partial charge in [-0.05, 0) is 36.6 Å². The molecule has 6 heteroatoms. The minimum absolute atomic E-state index is 0.178. The van der Waals surface area contributed by atoms with Gasteiger partial charge in [0.25, 0.3) is 5.91 Å². The maximum Gasteiger partial charge on any atom is 0.275 e. The van der Waals surface area contributed by atoms with Crippen molar-refractivity contribution in [1.82, 2.24) is 14.8 Å². The van der Waals surface area contributed by atoms with Crippen molar-refractivity contribution in [3.05, 3.63) is 41.7 Å². The summed E-state index contributed by atoms with van der Waals surface area (Å²) < 4.78 is 2.75. The van der Waals surface area contributed by atoms with E-state index in [0.717, 1.165) is 10.2 Å². The third-order valence-corrected chi connectivity index (χ3v) is 4.48. The summed E-state index contributed by atoms with van der Waals surface area (Å²) in [5, 5.41) is 7.59. The SMILES string of the molecule is CCn1nccc1C(=O)Nc1nc2ccc(C(C)C)cc2s1. The highest BCUT2D eigenvalue weighted by Crippen LogP contribution is 2.29. The van der Waals surface area contributed by atoms with E-state index in [4.69, 9.17) is 0 Å². The second kappa shape index (κ2) is 5.88. The zero-order chi connectivity index (χ0) is 15.7. The van der Waals surface area contributed by atoms with E-state index in [0.29, 0.717) is 23.3 Å². The molecule has 3 rings (SSSR count). The number of thiazole rings is 1. The molecule has 114 valence electrons. The van der Waals surface area contributed by atoms with Gasteiger partial charge in [0.05, 0.1) is 10.2 Å². The summed E-state index contributed by atoms with van der Waals surface area (Å²) in [5.74, 6) is 0.297. The lowest BCUT2D eigenvalue weighted by Gasteiger charge is -2.03. The van der Waals surface area contributed by atoms with Gasteiger partial charge in [-0.15, -0.1) is 0 Å². The summed E-state index contributed by atoms with van der Waals surface area (Å²) in [6.45, 7) is 6.94. The Morgan fingerprint density at radius 3 is 2.91 bits per heavy atom. The molecule has 0 bridgehead atoms. The molecule has 1 N–H and O–H groups in total. The van der Waals surface area contributed by atoms with Crippen LogP contribution in [0.5, 0.6) is 0 Å². The zero-order valence-electron chi connectivity index (χ0n) is 12.8. The summed E-state index contributed by atoms with van der Waals surface area (Å²) in [7, 11) is 0. The van der Waals surface area contributed by atoms with Crippen molar-refractivity contribution in [3.8, 4) is 0 Å². The highest BCUT2D eigenvalue weighted by Gasteiger charge is 2.14. The van der Waals surface area contributed by atoms with Crippen molar-refractivity contribution in [3.63, 3.8) is 0 Å². The molecule has 0 saturated heterocycles. The molecule has 0 aliphatic rings. The lowest BCUT2D eigenvalue weighted by molar-refractivity contribution is 0.101. The number of nitrogens with zero attached hydrogens (tertiary/aromatic N) is 3. The third kappa shape index (κ3) is 2.74. The normalized spacial score (nSPS) is 11.3. The van der Waals surface area contributed by atoms with E-state index in [2.05, 4.69) is 41.4 Å². The van der Waals surface area contributed by atoms with E-state index in [1.54, 1.807) is 16.9 Å². The standard InChI is InChI=1S/C16H18N4OS/c1-4-20-13(7-8-17-20)15(21)19-16-18-12-6-5-11(10(2)3)9-14(12)22-16/h5-10H,4H2,1-3H3,(H,18,19,21). The number of hydrogen-bond acceptors (Lipinski definition) is 4. The largest absolute Gasteiger partial charge is 0.296 e. The zero-order valence-corrected chi connectivity index (χ0v) is 13.6. The molecule has 1 aromatic carbocycles. The van der Waals surface area contributed by atoms with Crippen molar-refractivity contribution in [2.24, 2.45) is 0 Å². The van der Waals surface area contributed by atoms with Gasteiger partial charge < -0.3 is 0 Å². The summed E-state index contributed by atoms with van der Waals surface area (Å²) >= 11 is 1.50. The number of anilines is 1. The molecule has 0 atom stereocenters. The van der Waals surface area contributed by atoms with Crippen LogP contribution in [-0.4, -0.2) is 20.7 Å². The smallest absolute Gasteiger partial charge is 0.275 e. The summed E-state index contributed by atoms with van der Waals surface area (Å²) in [6, 6.07) is 7.95. The van der Waals surface area contributed by atoms with Gasteiger partial charge in [-0.2, -0.15) is 5.10 Å². The Bertz CT molecular complexity index is 819. The van der Waals surface area contributed by atoms with Crippen LogP contribution in [0.4, 0.5) is 5.13 Å². The van der Waals surface area contributed by atoms with Crippen LogP contribution in [0.2, 0.25) is 0 Å². The quantitative estimate of drug-likeness (QED) is 0.795. The number of hydrogen-bond donors (Lipinski definition) is 1. The molecule has 1 amide bonds. The maximum atomic E-state index is 12.3. The first kappa shape index (κ1) is 14.7. The van der Waals surface area contributed by atoms with Crippen molar-refractivity contribution in [2.45, 2.75) is 33.2 Å². The molecule has 2 aromatic heterocycles. The number of nitrogens with one attached hydrogen (secondary N) is 1. The average molecular weight is 314 g/mol. The Kier molecular flexibility index (Phi) is 3.94. The minimum Gasteiger partial charge on any atom is -0.296 e. The van der Waals surface area contributed by atoms with Crippen LogP contribution >= 0.6 is 11.3 Å². The third-order valence-electron chi connectivity index (χ3n) is 3.55. The first-order valence-corrected chi connectivity index (χ1v) is 8.13. The molecular formula is C16H18N4OS. The van der Waals surface area contributed by atoms with Crippen molar-refractivity contribution in [2.75, 3.05) is 5.32 Å². The Morgan fingerprint density at radius 1 is 1.36 bits per heavy atom. The second-order valence-electron chi connectivity index (χ2n) is 5.39. The predicted octanol–water partition coefficient (Wildman–Crippen LogP) is 3.89. The highest BCUT2D eigenvalue weighted by atomic mass is 32.1. The van der Waals surface area contributed by atoms with Crippen LogP contribution < -0.4 is 5.32 Å². The van der Waals surface area contributed by atoms with Gasteiger partial charge in [0.1, 0.15) is 5.69 Å². The first-order chi connectivity index (χ1) is 10.6. The molecule has 22 heavy (non-hydrogen) atoms. The summed E-state index contributed by atoms with van der Waals surface area (Å²) in [6.07, 6.45) is 1.63. The van der Waals surface area contributed by atoms with E-state index in [9.17, 15) is 4.79 Å². The molecule has 0 aliphatic carbocycles. The molecule has 0 unspecified atom stereocenters. The summed E-state index contributed by atoms with van der Waals surface area (Å²) in [4.78, 5) is 16.8. The molecule has 2 heterocycles. The van der Waals surface area contributed by atoms with Gasteiger partial charge in [0.2, 0.25) is 0 Å². The monoisotopic (exact) mass is 314 g/mol. The van der Waals surface area contributed by atoms with Gasteiger partial charge in [-0.3, -0.25) is 14.8 Å². The Labute approximate surface area is 133 Å². The summed E-state index contributed by atoms with van der Waals surface area (Å²) in [5.41, 5.74) is 2.73. The fourth-order valence-electron chi connectivity index (χ4n) is 2.29. The average Bonchev–Trinajstić information content (AvgIpc) is 3.11. The van der Waals surface area contributed by atoms with Crippen LogP contribution in [0.25, 0.3) is 10.2 Å². The molecular weight excluding hydrogens is 296 g/mol. The van der Waals surface area contributed by atoms with E-state index >= 15 is 0 Å². The second-order valence-corrected chi connectivity index (χ2v) is 6.42. The fourth-order valence-corrected chi connectivity index (χ4v) is 3.20. The van der Waals surface area contributed by atoms with Gasteiger partial charge >= 0.3 is 0 Å². The molecule has 3 aromatic rings. The predicted molar refractivity (Wildman–Crippen MR) is 89.6 cm³/mol. The van der Waals surface area contributed by atoms with Crippen molar-refractivity contribution < 1.29 is 4.79 Å². The highest BCUT2D eigenvalue weighted by molar-refractivity contribution is 7.22. The van der Waals surface area contributed by atoms with Crippen molar-refractivity contribution in [1.29, 1.82) is 0 Å². The number of carbonyl (C=O) groups is 1. The Morgan fingerprint density at radius 2 is 2.18 bits per heavy atom. The first-order valence-electron chi connectivity index (χ1n) is 7.32. The van der Waals surface area contributed by atoms with Crippen LogP contribution in [0.15, 0.2) is 30.5 Å². The molecule has 0 aliphatic heterocycles. The number of aromatic nitrogens is 3. The number of rotatable bonds is 4. The lowest BCUT2D eigenvalue weighted by atomic mass is 10.0. The van der Waals surface area contributed by atoms with E-state index in [1.165, 1.54) is 16.9 Å². The van der Waals surface area contributed by atoms with Crippen molar-refractivity contribution >= 4 is 32.6 Å². The number of carbonyl (C=O) groups excluding carboxylic acids is 1. The van der Waals surface area contributed by atoms with E-state index < -0.39 is 0 Å². The molecule has 0 saturated carbocycles. The van der Waals surface area contributed by atoms with E-state index in [-0.39, 0.29) is 5.91 Å². The van der Waals surface area contributed by atoms with Crippen LogP contribution in [0.1, 0.15) is 42.7 Å². The lowest BCUT2D eigenvalue weighted by Crippen LogP contribution is -2.17. The van der Waals surface area contributed by atoms with Gasteiger partial charge in [0.15, 0.2) is 5.13 Å². The molecule has 0 spiro atoms. The maximum absolute atomic E-state index is 12.3. The number of benzene rings is 1. The van der Waals surface area contributed by atoms with Crippen LogP contribution in [-0.2, 0) is 6.54 Å². The minimum atomic E-state index is -0.178. The topological polar surface area (TPSA) is 59.8 Å². The fraction of sp³-hybridized carbons (Fsp3) is 0.312. The number of amides is 1. The number of fused-ring (bicyclic) bond motifs is 1. The number of aryl methyl sites for hydroxylation is 1.